The fraction of sp³-hybridized carbons (Fsp3) is 0.296. The van der Waals surface area contributed by atoms with Crippen molar-refractivity contribution in [2.45, 2.75) is 37.6 Å². The first-order chi connectivity index (χ1) is 18.3. The normalized spacial score (nSPS) is 16.4. The standard InChI is InChI=1S/C27H29N7O3S/c1-17-5-4-12-33(17)16-25(35)29-21-13-23(18(2)28-14-21)30-27(36)26-24-11-8-20(15-34(24)32-31-26)19-6-9-22(10-7-19)38(3)37/h6-11,13-15,17H,4-5,12,16H2,1-3H3,(H,29,35)(H,30,36)/t17-,38?/m0/s1. The number of amides is 2. The van der Waals surface area contributed by atoms with E-state index in [0.717, 1.165) is 35.4 Å². The lowest BCUT2D eigenvalue weighted by Gasteiger charge is -2.20. The number of fused-ring (bicyclic) bond motifs is 1. The number of hydrogen-bond acceptors (Lipinski definition) is 7. The van der Waals surface area contributed by atoms with Gasteiger partial charge in [0.1, 0.15) is 0 Å². The van der Waals surface area contributed by atoms with Crippen molar-refractivity contribution in [1.29, 1.82) is 0 Å². The Morgan fingerprint density at radius 1 is 1.11 bits per heavy atom. The van der Waals surface area contributed by atoms with Crippen LogP contribution in [0.15, 0.2) is 59.8 Å². The molecule has 4 heterocycles. The molecule has 1 aliphatic heterocycles. The van der Waals surface area contributed by atoms with E-state index < -0.39 is 16.7 Å². The van der Waals surface area contributed by atoms with Crippen LogP contribution in [0.4, 0.5) is 11.4 Å². The van der Waals surface area contributed by atoms with Gasteiger partial charge in [0.25, 0.3) is 5.91 Å². The van der Waals surface area contributed by atoms with Crippen LogP contribution < -0.4 is 10.6 Å². The number of nitrogens with one attached hydrogen (secondary N) is 2. The Morgan fingerprint density at radius 2 is 1.87 bits per heavy atom. The summed E-state index contributed by atoms with van der Waals surface area (Å²) in [6.45, 7) is 5.16. The fourth-order valence-corrected chi connectivity index (χ4v) is 5.11. The van der Waals surface area contributed by atoms with Gasteiger partial charge in [0.2, 0.25) is 5.91 Å². The number of nitrogens with zero attached hydrogens (tertiary/aromatic N) is 5. The lowest BCUT2D eigenvalue weighted by Crippen LogP contribution is -2.35. The number of pyridine rings is 2. The molecule has 0 aliphatic carbocycles. The van der Waals surface area contributed by atoms with Crippen molar-refractivity contribution < 1.29 is 13.8 Å². The summed E-state index contributed by atoms with van der Waals surface area (Å²) in [4.78, 5) is 32.9. The summed E-state index contributed by atoms with van der Waals surface area (Å²) in [5.41, 5.74) is 4.14. The van der Waals surface area contributed by atoms with E-state index in [1.165, 1.54) is 0 Å². The Bertz CT molecular complexity index is 1530. The fourth-order valence-electron chi connectivity index (χ4n) is 4.59. The van der Waals surface area contributed by atoms with Crippen LogP contribution in [0.3, 0.4) is 0 Å². The third-order valence-electron chi connectivity index (χ3n) is 6.80. The maximum atomic E-state index is 13.1. The van der Waals surface area contributed by atoms with E-state index in [1.807, 2.05) is 30.3 Å². The van der Waals surface area contributed by atoms with Crippen molar-refractivity contribution in [2.75, 3.05) is 30.0 Å². The van der Waals surface area contributed by atoms with E-state index in [0.29, 0.717) is 35.2 Å². The minimum absolute atomic E-state index is 0.112. The molecule has 1 unspecified atom stereocenters. The SMILES string of the molecule is Cc1ncc(NC(=O)CN2CCC[C@@H]2C)cc1NC(=O)c1nnn2cc(-c3ccc(S(C)=O)cc3)ccc12. The Balaban J connectivity index is 1.30. The molecule has 0 bridgehead atoms. The van der Waals surface area contributed by atoms with E-state index in [1.54, 1.807) is 42.2 Å². The maximum Gasteiger partial charge on any atom is 0.278 e. The first-order valence-corrected chi connectivity index (χ1v) is 13.9. The van der Waals surface area contributed by atoms with E-state index in [2.05, 4.69) is 37.8 Å². The Morgan fingerprint density at radius 3 is 2.58 bits per heavy atom. The van der Waals surface area contributed by atoms with Crippen LogP contribution in [-0.2, 0) is 15.6 Å². The molecule has 0 radical (unpaired) electrons. The van der Waals surface area contributed by atoms with Gasteiger partial charge in [0.05, 0.1) is 35.3 Å². The van der Waals surface area contributed by atoms with Gasteiger partial charge in [-0.3, -0.25) is 23.7 Å². The molecule has 4 aromatic rings. The quantitative estimate of drug-likeness (QED) is 0.374. The number of carbonyl (C=O) groups excluding carboxylic acids is 2. The molecule has 2 N–H and O–H groups in total. The molecule has 10 nitrogen and oxygen atoms in total. The summed E-state index contributed by atoms with van der Waals surface area (Å²) in [5.74, 6) is -0.541. The highest BCUT2D eigenvalue weighted by Crippen LogP contribution is 2.24. The van der Waals surface area contributed by atoms with Crippen molar-refractivity contribution in [3.63, 3.8) is 0 Å². The lowest BCUT2D eigenvalue weighted by molar-refractivity contribution is -0.117. The number of hydrogen-bond donors (Lipinski definition) is 2. The zero-order chi connectivity index (χ0) is 26.8. The number of benzene rings is 1. The third-order valence-corrected chi connectivity index (χ3v) is 7.74. The Hall–Kier alpha value is -3.96. The van der Waals surface area contributed by atoms with Gasteiger partial charge in [0.15, 0.2) is 5.69 Å². The number of carbonyl (C=O) groups is 2. The van der Waals surface area contributed by atoms with E-state index >= 15 is 0 Å². The van der Waals surface area contributed by atoms with Crippen molar-refractivity contribution in [1.82, 2.24) is 24.7 Å². The molecule has 2 amide bonds. The second-order valence-corrected chi connectivity index (χ2v) is 10.9. The van der Waals surface area contributed by atoms with Crippen LogP contribution in [0.2, 0.25) is 0 Å². The highest BCUT2D eigenvalue weighted by atomic mass is 32.2. The predicted molar refractivity (Wildman–Crippen MR) is 147 cm³/mol. The Labute approximate surface area is 222 Å². The van der Waals surface area contributed by atoms with Gasteiger partial charge in [-0.15, -0.1) is 5.10 Å². The summed E-state index contributed by atoms with van der Waals surface area (Å²) in [5, 5.41) is 14.0. The molecule has 11 heteroatoms. The zero-order valence-electron chi connectivity index (χ0n) is 21.5. The largest absolute Gasteiger partial charge is 0.324 e. The highest BCUT2D eigenvalue weighted by molar-refractivity contribution is 7.84. The number of likely N-dealkylation sites (tertiary alicyclic amines) is 1. The second-order valence-electron chi connectivity index (χ2n) is 9.49. The van der Waals surface area contributed by atoms with Gasteiger partial charge in [-0.05, 0) is 63.1 Å². The molecule has 38 heavy (non-hydrogen) atoms. The van der Waals surface area contributed by atoms with Crippen LogP contribution in [0.25, 0.3) is 16.6 Å². The summed E-state index contributed by atoms with van der Waals surface area (Å²) >= 11 is 0. The molecular formula is C27H29N7O3S. The molecule has 1 saturated heterocycles. The first kappa shape index (κ1) is 25.7. The minimum Gasteiger partial charge on any atom is -0.324 e. The molecular weight excluding hydrogens is 502 g/mol. The van der Waals surface area contributed by atoms with E-state index in [-0.39, 0.29) is 11.6 Å². The summed E-state index contributed by atoms with van der Waals surface area (Å²) in [7, 11) is -1.04. The van der Waals surface area contributed by atoms with Crippen LogP contribution in [-0.4, -0.2) is 66.1 Å². The lowest BCUT2D eigenvalue weighted by atomic mass is 10.1. The predicted octanol–water partition coefficient (Wildman–Crippen LogP) is 3.51. The summed E-state index contributed by atoms with van der Waals surface area (Å²) in [6, 6.07) is 13.2. The van der Waals surface area contributed by atoms with Gasteiger partial charge >= 0.3 is 0 Å². The Kier molecular flexibility index (Phi) is 7.30. The topological polar surface area (TPSA) is 122 Å². The summed E-state index contributed by atoms with van der Waals surface area (Å²) in [6.07, 6.45) is 7.22. The van der Waals surface area contributed by atoms with Gasteiger partial charge in [0, 0.05) is 39.8 Å². The number of aromatic nitrogens is 4. The van der Waals surface area contributed by atoms with Crippen LogP contribution in [0.5, 0.6) is 0 Å². The van der Waals surface area contributed by atoms with Crippen LogP contribution in [0, 0.1) is 6.92 Å². The molecule has 196 valence electrons. The maximum absolute atomic E-state index is 13.1. The van der Waals surface area contributed by atoms with Gasteiger partial charge in [-0.25, -0.2) is 4.52 Å². The van der Waals surface area contributed by atoms with Crippen molar-refractivity contribution in [2.24, 2.45) is 0 Å². The third kappa shape index (κ3) is 5.48. The van der Waals surface area contributed by atoms with Crippen molar-refractivity contribution >= 4 is 39.5 Å². The average Bonchev–Trinajstić information content (AvgIpc) is 3.51. The molecule has 0 saturated carbocycles. The van der Waals surface area contributed by atoms with Crippen LogP contribution >= 0.6 is 0 Å². The van der Waals surface area contributed by atoms with Crippen LogP contribution in [0.1, 0.15) is 35.9 Å². The van der Waals surface area contributed by atoms with E-state index in [4.69, 9.17) is 0 Å². The smallest absolute Gasteiger partial charge is 0.278 e. The highest BCUT2D eigenvalue weighted by Gasteiger charge is 2.22. The van der Waals surface area contributed by atoms with E-state index in [9.17, 15) is 13.8 Å². The molecule has 1 aromatic carbocycles. The average molecular weight is 532 g/mol. The zero-order valence-corrected chi connectivity index (χ0v) is 22.3. The molecule has 1 fully saturated rings. The minimum atomic E-state index is -1.04. The second kappa shape index (κ2) is 10.8. The van der Waals surface area contributed by atoms with Gasteiger partial charge < -0.3 is 10.6 Å². The molecule has 3 aromatic heterocycles. The number of rotatable bonds is 7. The molecule has 2 atom stereocenters. The van der Waals surface area contributed by atoms with Gasteiger partial charge in [-0.1, -0.05) is 23.4 Å². The molecule has 1 aliphatic rings. The molecule has 0 spiro atoms. The first-order valence-electron chi connectivity index (χ1n) is 12.4. The number of aryl methyl sites for hydroxylation is 1. The van der Waals surface area contributed by atoms with Gasteiger partial charge in [-0.2, -0.15) is 0 Å². The monoisotopic (exact) mass is 531 g/mol. The molecule has 5 rings (SSSR count). The summed E-state index contributed by atoms with van der Waals surface area (Å²) < 4.78 is 13.2. The van der Waals surface area contributed by atoms with Crippen molar-refractivity contribution in [3.05, 3.63) is 66.2 Å². The van der Waals surface area contributed by atoms with Crippen molar-refractivity contribution in [3.8, 4) is 11.1 Å². The number of anilines is 2.